The van der Waals surface area contributed by atoms with E-state index in [1.165, 1.54) is 0 Å². The second-order valence-electron chi connectivity index (χ2n) is 3.28. The number of rotatable bonds is 2. The highest BCUT2D eigenvalue weighted by molar-refractivity contribution is 7.91. The summed E-state index contributed by atoms with van der Waals surface area (Å²) >= 11 is 0. The first-order chi connectivity index (χ1) is 5.99. The first kappa shape index (κ1) is 10.3. The van der Waals surface area contributed by atoms with Crippen LogP contribution in [0.5, 0.6) is 0 Å². The number of nitrogens with one attached hydrogen (secondary N) is 1. The Morgan fingerprint density at radius 1 is 1.38 bits per heavy atom. The molecule has 1 rings (SSSR count). The van der Waals surface area contributed by atoms with Gasteiger partial charge in [-0.05, 0) is 18.8 Å². The Morgan fingerprint density at radius 2 is 1.92 bits per heavy atom. The van der Waals surface area contributed by atoms with Crippen molar-refractivity contribution in [1.82, 2.24) is 5.32 Å². The molecule has 13 heavy (non-hydrogen) atoms. The molecule has 1 saturated heterocycles. The molecule has 0 aromatic carbocycles. The van der Waals surface area contributed by atoms with Crippen molar-refractivity contribution < 1.29 is 18.3 Å². The van der Waals surface area contributed by atoms with Crippen molar-refractivity contribution >= 4 is 15.9 Å². The zero-order valence-electron chi connectivity index (χ0n) is 7.19. The number of sulfone groups is 1. The summed E-state index contributed by atoms with van der Waals surface area (Å²) in [5, 5.41) is 10.6. The van der Waals surface area contributed by atoms with Crippen LogP contribution >= 0.6 is 0 Å². The van der Waals surface area contributed by atoms with Crippen LogP contribution in [-0.4, -0.2) is 37.7 Å². The Kier molecular flexibility index (Phi) is 3.13. The van der Waals surface area contributed by atoms with Gasteiger partial charge < -0.3 is 10.4 Å². The quantitative estimate of drug-likeness (QED) is 0.671. The second-order valence-corrected chi connectivity index (χ2v) is 5.58. The summed E-state index contributed by atoms with van der Waals surface area (Å²) in [6, 6.07) is 0. The molecular weight excluding hydrogens is 194 g/mol. The summed E-state index contributed by atoms with van der Waals surface area (Å²) in [4.78, 5) is 10.1. The first-order valence-electron chi connectivity index (χ1n) is 4.17. The van der Waals surface area contributed by atoms with Gasteiger partial charge in [0, 0.05) is 6.54 Å². The van der Waals surface area contributed by atoms with E-state index in [0.29, 0.717) is 19.4 Å². The molecule has 0 aromatic heterocycles. The van der Waals surface area contributed by atoms with E-state index in [-0.39, 0.29) is 17.4 Å². The van der Waals surface area contributed by atoms with Gasteiger partial charge in [0.05, 0.1) is 11.5 Å². The molecule has 1 aliphatic heterocycles. The Balaban J connectivity index is 2.29. The number of hydrogen-bond acceptors (Lipinski definition) is 3. The Bertz CT molecular complexity index is 271. The molecule has 2 N–H and O–H groups in total. The lowest BCUT2D eigenvalue weighted by atomic mass is 10.0. The Labute approximate surface area is 77.1 Å². The lowest BCUT2D eigenvalue weighted by Gasteiger charge is -2.21. The third kappa shape index (κ3) is 3.63. The Hall–Kier alpha value is -0.780. The van der Waals surface area contributed by atoms with Gasteiger partial charge in [0.15, 0.2) is 0 Å². The van der Waals surface area contributed by atoms with Crippen LogP contribution in [0.4, 0.5) is 4.79 Å². The maximum absolute atomic E-state index is 11.0. The molecule has 0 bridgehead atoms. The van der Waals surface area contributed by atoms with Crippen molar-refractivity contribution in [2.45, 2.75) is 12.8 Å². The van der Waals surface area contributed by atoms with Crippen molar-refractivity contribution in [2.24, 2.45) is 5.92 Å². The fourth-order valence-corrected chi connectivity index (χ4v) is 2.96. The maximum atomic E-state index is 11.0. The summed E-state index contributed by atoms with van der Waals surface area (Å²) in [5.41, 5.74) is 0. The third-order valence-corrected chi connectivity index (χ3v) is 3.93. The van der Waals surface area contributed by atoms with Gasteiger partial charge in [0.1, 0.15) is 9.84 Å². The van der Waals surface area contributed by atoms with Gasteiger partial charge >= 0.3 is 6.09 Å². The minimum atomic E-state index is -2.83. The van der Waals surface area contributed by atoms with Crippen LogP contribution in [0.25, 0.3) is 0 Å². The molecule has 0 spiro atoms. The minimum absolute atomic E-state index is 0.180. The van der Waals surface area contributed by atoms with Gasteiger partial charge in [-0.25, -0.2) is 13.2 Å². The third-order valence-electron chi connectivity index (χ3n) is 2.22. The van der Waals surface area contributed by atoms with Gasteiger partial charge in [-0.2, -0.15) is 0 Å². The summed E-state index contributed by atoms with van der Waals surface area (Å²) < 4.78 is 22.0. The van der Waals surface area contributed by atoms with Crippen molar-refractivity contribution in [3.63, 3.8) is 0 Å². The average Bonchev–Trinajstić information content (AvgIpc) is 2.02. The van der Waals surface area contributed by atoms with Crippen molar-refractivity contribution in [3.05, 3.63) is 0 Å². The fourth-order valence-electron chi connectivity index (χ4n) is 1.37. The first-order valence-corrected chi connectivity index (χ1v) is 5.99. The van der Waals surface area contributed by atoms with Crippen LogP contribution in [-0.2, 0) is 9.84 Å². The number of hydrogen-bond donors (Lipinski definition) is 2. The van der Waals surface area contributed by atoms with E-state index in [2.05, 4.69) is 5.32 Å². The van der Waals surface area contributed by atoms with Crippen molar-refractivity contribution in [3.8, 4) is 0 Å². The average molecular weight is 207 g/mol. The molecule has 1 amide bonds. The van der Waals surface area contributed by atoms with Crippen LogP contribution in [0.15, 0.2) is 0 Å². The molecule has 0 saturated carbocycles. The number of amides is 1. The summed E-state index contributed by atoms with van der Waals surface area (Å²) in [6.45, 7) is 0.366. The molecule has 0 radical (unpaired) electrons. The highest BCUT2D eigenvalue weighted by atomic mass is 32.2. The van der Waals surface area contributed by atoms with Crippen LogP contribution in [0.1, 0.15) is 12.8 Å². The standard InChI is InChI=1S/C7H13NO4S/c9-7(10)8-5-6-1-3-13(11,12)4-2-6/h6,8H,1-5H2,(H,9,10). The molecule has 1 fully saturated rings. The molecule has 6 heteroatoms. The van der Waals surface area contributed by atoms with E-state index in [4.69, 9.17) is 5.11 Å². The largest absolute Gasteiger partial charge is 0.465 e. The van der Waals surface area contributed by atoms with E-state index in [1.54, 1.807) is 0 Å². The van der Waals surface area contributed by atoms with E-state index in [1.807, 2.05) is 0 Å². The fraction of sp³-hybridized carbons (Fsp3) is 0.857. The molecule has 0 aromatic rings. The van der Waals surface area contributed by atoms with Gasteiger partial charge in [-0.15, -0.1) is 0 Å². The molecule has 5 nitrogen and oxygen atoms in total. The summed E-state index contributed by atoms with van der Waals surface area (Å²) in [6.07, 6.45) is 0.0963. The molecule has 0 atom stereocenters. The van der Waals surface area contributed by atoms with Gasteiger partial charge in [0.2, 0.25) is 0 Å². The van der Waals surface area contributed by atoms with Crippen LogP contribution in [0, 0.1) is 5.92 Å². The molecule has 0 unspecified atom stereocenters. The van der Waals surface area contributed by atoms with Crippen molar-refractivity contribution in [2.75, 3.05) is 18.1 Å². The van der Waals surface area contributed by atoms with E-state index in [9.17, 15) is 13.2 Å². The van der Waals surface area contributed by atoms with E-state index >= 15 is 0 Å². The number of carboxylic acid groups (broad SMARTS) is 1. The van der Waals surface area contributed by atoms with E-state index in [0.717, 1.165) is 0 Å². The predicted octanol–water partition coefficient (Wildman–Crippen LogP) is 0.0788. The van der Waals surface area contributed by atoms with Gasteiger partial charge in [-0.3, -0.25) is 0 Å². The van der Waals surface area contributed by atoms with Crippen LogP contribution in [0.3, 0.4) is 0 Å². The van der Waals surface area contributed by atoms with Crippen LogP contribution < -0.4 is 5.32 Å². The van der Waals surface area contributed by atoms with Gasteiger partial charge in [0.25, 0.3) is 0 Å². The van der Waals surface area contributed by atoms with E-state index < -0.39 is 15.9 Å². The highest BCUT2D eigenvalue weighted by Crippen LogP contribution is 2.17. The summed E-state index contributed by atoms with van der Waals surface area (Å²) in [7, 11) is -2.83. The minimum Gasteiger partial charge on any atom is -0.465 e. The lowest BCUT2D eigenvalue weighted by molar-refractivity contribution is 0.192. The molecule has 0 aliphatic carbocycles. The Morgan fingerprint density at radius 3 is 2.38 bits per heavy atom. The second kappa shape index (κ2) is 3.95. The molecule has 1 aliphatic rings. The number of carbonyl (C=O) groups is 1. The maximum Gasteiger partial charge on any atom is 0.404 e. The van der Waals surface area contributed by atoms with Crippen LogP contribution in [0.2, 0.25) is 0 Å². The SMILES string of the molecule is O=C(O)NCC1CCS(=O)(=O)CC1. The molecular formula is C7H13NO4S. The van der Waals surface area contributed by atoms with Gasteiger partial charge in [-0.1, -0.05) is 0 Å². The lowest BCUT2D eigenvalue weighted by Crippen LogP contribution is -2.33. The zero-order valence-corrected chi connectivity index (χ0v) is 8.01. The highest BCUT2D eigenvalue weighted by Gasteiger charge is 2.23. The summed E-state index contributed by atoms with van der Waals surface area (Å²) in [5.74, 6) is 0.567. The topological polar surface area (TPSA) is 83.5 Å². The molecule has 1 heterocycles. The normalized spacial score (nSPS) is 22.5. The van der Waals surface area contributed by atoms with Crippen molar-refractivity contribution in [1.29, 1.82) is 0 Å². The smallest absolute Gasteiger partial charge is 0.404 e. The molecule has 76 valence electrons. The predicted molar refractivity (Wildman–Crippen MR) is 47.4 cm³/mol. The zero-order chi connectivity index (χ0) is 9.90. The monoisotopic (exact) mass is 207 g/mol.